The van der Waals surface area contributed by atoms with Crippen LogP contribution in [0, 0.1) is 13.8 Å². The van der Waals surface area contributed by atoms with E-state index in [0.29, 0.717) is 5.02 Å². The number of nitrogens with two attached hydrogens (primary N) is 1. The molecule has 2 nitrogen and oxygen atoms in total. The van der Waals surface area contributed by atoms with Crippen LogP contribution in [0.1, 0.15) is 28.6 Å². The average Bonchev–Trinajstić information content (AvgIpc) is 2.26. The Bertz CT molecular complexity index is 517. The molecule has 0 radical (unpaired) electrons. The smallest absolute Gasteiger partial charge is 0.0553 e. The third-order valence-corrected chi connectivity index (χ3v) is 2.91. The predicted octanol–water partition coefficient (Wildman–Crippen LogP) is 3.40. The number of hydrogen-bond acceptors (Lipinski definition) is 2. The van der Waals surface area contributed by atoms with Crippen LogP contribution in [0.15, 0.2) is 36.4 Å². The van der Waals surface area contributed by atoms with Crippen molar-refractivity contribution >= 4 is 11.6 Å². The first-order chi connectivity index (χ1) is 8.06. The Morgan fingerprint density at radius 2 is 1.71 bits per heavy atom. The first-order valence-corrected chi connectivity index (χ1v) is 5.90. The maximum Gasteiger partial charge on any atom is 0.0553 e. The number of aryl methyl sites for hydroxylation is 2. The predicted molar refractivity (Wildman–Crippen MR) is 71.2 cm³/mol. The van der Waals surface area contributed by atoms with E-state index in [1.54, 1.807) is 0 Å². The van der Waals surface area contributed by atoms with Crippen molar-refractivity contribution in [1.29, 1.82) is 0 Å². The minimum atomic E-state index is -0.158. The summed E-state index contributed by atoms with van der Waals surface area (Å²) in [7, 11) is 0. The summed E-state index contributed by atoms with van der Waals surface area (Å²) in [6.07, 6.45) is 0. The molecule has 3 heteroatoms. The molecule has 0 aliphatic heterocycles. The molecule has 2 rings (SSSR count). The number of hydrogen-bond donors (Lipinski definition) is 1. The van der Waals surface area contributed by atoms with Gasteiger partial charge in [-0.1, -0.05) is 23.7 Å². The number of aromatic nitrogens is 1. The van der Waals surface area contributed by atoms with Gasteiger partial charge in [-0.3, -0.25) is 4.98 Å². The molecular weight excluding hydrogens is 232 g/mol. The molecule has 88 valence electrons. The molecule has 0 saturated carbocycles. The van der Waals surface area contributed by atoms with Crippen molar-refractivity contribution in [2.45, 2.75) is 19.9 Å². The Labute approximate surface area is 106 Å². The molecule has 0 bridgehead atoms. The lowest BCUT2D eigenvalue weighted by Crippen LogP contribution is -2.12. The van der Waals surface area contributed by atoms with Crippen LogP contribution in [0.2, 0.25) is 5.02 Å². The Balaban J connectivity index is 2.39. The zero-order valence-corrected chi connectivity index (χ0v) is 10.7. The van der Waals surface area contributed by atoms with Gasteiger partial charge in [-0.25, -0.2) is 0 Å². The molecule has 0 fully saturated rings. The highest BCUT2D eigenvalue weighted by atomic mass is 35.5. The Morgan fingerprint density at radius 3 is 2.29 bits per heavy atom. The molecule has 2 aromatic rings. The van der Waals surface area contributed by atoms with Gasteiger partial charge in [0.25, 0.3) is 0 Å². The van der Waals surface area contributed by atoms with Crippen molar-refractivity contribution < 1.29 is 0 Å². The van der Waals surface area contributed by atoms with Gasteiger partial charge in [-0.05, 0) is 49.2 Å². The van der Waals surface area contributed by atoms with Gasteiger partial charge < -0.3 is 5.73 Å². The normalized spacial score (nSPS) is 12.5. The van der Waals surface area contributed by atoms with E-state index in [0.717, 1.165) is 22.5 Å². The second-order valence-corrected chi connectivity index (χ2v) is 4.65. The summed E-state index contributed by atoms with van der Waals surface area (Å²) in [6, 6.07) is 11.5. The largest absolute Gasteiger partial charge is 0.320 e. The van der Waals surface area contributed by atoms with Crippen LogP contribution in [-0.4, -0.2) is 4.98 Å². The standard InChI is InChI=1S/C14H15ClN2/c1-9-6-12(7-10(2)17-9)14(16)11-4-3-5-13(15)8-11/h3-8,14H,16H2,1-2H3. The first-order valence-electron chi connectivity index (χ1n) is 5.52. The molecule has 0 aliphatic carbocycles. The van der Waals surface area contributed by atoms with E-state index in [4.69, 9.17) is 17.3 Å². The van der Waals surface area contributed by atoms with Crippen LogP contribution in [0.3, 0.4) is 0 Å². The van der Waals surface area contributed by atoms with Gasteiger partial charge in [-0.2, -0.15) is 0 Å². The van der Waals surface area contributed by atoms with E-state index in [1.807, 2.05) is 50.2 Å². The summed E-state index contributed by atoms with van der Waals surface area (Å²) in [5.74, 6) is 0. The van der Waals surface area contributed by atoms with Crippen molar-refractivity contribution in [2.75, 3.05) is 0 Å². The molecule has 1 atom stereocenters. The molecule has 1 heterocycles. The maximum atomic E-state index is 6.24. The molecule has 0 saturated heterocycles. The quantitative estimate of drug-likeness (QED) is 0.882. The molecule has 1 aromatic carbocycles. The number of nitrogens with zero attached hydrogens (tertiary/aromatic N) is 1. The second kappa shape index (κ2) is 4.86. The van der Waals surface area contributed by atoms with Gasteiger partial charge in [0, 0.05) is 16.4 Å². The Morgan fingerprint density at radius 1 is 1.06 bits per heavy atom. The third kappa shape index (κ3) is 2.84. The molecule has 0 spiro atoms. The van der Waals surface area contributed by atoms with Crippen LogP contribution in [0.5, 0.6) is 0 Å². The summed E-state index contributed by atoms with van der Waals surface area (Å²) >= 11 is 5.97. The summed E-state index contributed by atoms with van der Waals surface area (Å²) in [5, 5.41) is 0.709. The van der Waals surface area contributed by atoms with Crippen molar-refractivity contribution in [1.82, 2.24) is 4.98 Å². The fourth-order valence-corrected chi connectivity index (χ4v) is 2.14. The SMILES string of the molecule is Cc1cc(C(N)c2cccc(Cl)c2)cc(C)n1. The monoisotopic (exact) mass is 246 g/mol. The zero-order valence-electron chi connectivity index (χ0n) is 9.94. The second-order valence-electron chi connectivity index (χ2n) is 4.22. The van der Waals surface area contributed by atoms with Crippen molar-refractivity contribution in [3.63, 3.8) is 0 Å². The lowest BCUT2D eigenvalue weighted by molar-refractivity contribution is 0.860. The molecule has 17 heavy (non-hydrogen) atoms. The molecule has 0 aliphatic rings. The van der Waals surface area contributed by atoms with E-state index < -0.39 is 0 Å². The molecule has 1 aromatic heterocycles. The minimum absolute atomic E-state index is 0.158. The fraction of sp³-hybridized carbons (Fsp3) is 0.214. The van der Waals surface area contributed by atoms with Crippen LogP contribution in [-0.2, 0) is 0 Å². The van der Waals surface area contributed by atoms with Crippen LogP contribution in [0.25, 0.3) is 0 Å². The number of benzene rings is 1. The van der Waals surface area contributed by atoms with Crippen LogP contribution < -0.4 is 5.73 Å². The van der Waals surface area contributed by atoms with E-state index in [2.05, 4.69) is 4.98 Å². The zero-order chi connectivity index (χ0) is 12.4. The van der Waals surface area contributed by atoms with E-state index in [9.17, 15) is 0 Å². The molecule has 1 unspecified atom stereocenters. The topological polar surface area (TPSA) is 38.9 Å². The van der Waals surface area contributed by atoms with Gasteiger partial charge in [0.15, 0.2) is 0 Å². The van der Waals surface area contributed by atoms with Crippen molar-refractivity contribution in [3.8, 4) is 0 Å². The van der Waals surface area contributed by atoms with Crippen LogP contribution >= 0.6 is 11.6 Å². The van der Waals surface area contributed by atoms with Gasteiger partial charge in [0.2, 0.25) is 0 Å². The van der Waals surface area contributed by atoms with E-state index in [1.165, 1.54) is 0 Å². The first kappa shape index (κ1) is 12.1. The lowest BCUT2D eigenvalue weighted by atomic mass is 9.99. The molecule has 2 N–H and O–H groups in total. The van der Waals surface area contributed by atoms with Gasteiger partial charge in [0.1, 0.15) is 0 Å². The van der Waals surface area contributed by atoms with Crippen molar-refractivity contribution in [2.24, 2.45) is 5.73 Å². The van der Waals surface area contributed by atoms with E-state index in [-0.39, 0.29) is 6.04 Å². The average molecular weight is 247 g/mol. The number of pyridine rings is 1. The highest BCUT2D eigenvalue weighted by Crippen LogP contribution is 2.23. The Kier molecular flexibility index (Phi) is 3.46. The van der Waals surface area contributed by atoms with E-state index >= 15 is 0 Å². The molecule has 0 amide bonds. The summed E-state index contributed by atoms with van der Waals surface area (Å²) in [6.45, 7) is 3.95. The lowest BCUT2D eigenvalue weighted by Gasteiger charge is -2.14. The van der Waals surface area contributed by atoms with Crippen LogP contribution in [0.4, 0.5) is 0 Å². The van der Waals surface area contributed by atoms with Gasteiger partial charge in [-0.15, -0.1) is 0 Å². The highest BCUT2D eigenvalue weighted by molar-refractivity contribution is 6.30. The minimum Gasteiger partial charge on any atom is -0.320 e. The summed E-state index contributed by atoms with van der Waals surface area (Å²) in [5.41, 5.74) is 10.3. The summed E-state index contributed by atoms with van der Waals surface area (Å²) in [4.78, 5) is 4.35. The van der Waals surface area contributed by atoms with Gasteiger partial charge >= 0.3 is 0 Å². The Hall–Kier alpha value is -1.38. The number of halogens is 1. The summed E-state index contributed by atoms with van der Waals surface area (Å²) < 4.78 is 0. The maximum absolute atomic E-state index is 6.24. The number of rotatable bonds is 2. The van der Waals surface area contributed by atoms with Crippen molar-refractivity contribution in [3.05, 3.63) is 63.9 Å². The highest BCUT2D eigenvalue weighted by Gasteiger charge is 2.10. The molecular formula is C14H15ClN2. The third-order valence-electron chi connectivity index (χ3n) is 2.67. The fourth-order valence-electron chi connectivity index (χ4n) is 1.94. The van der Waals surface area contributed by atoms with Gasteiger partial charge in [0.05, 0.1) is 6.04 Å².